The number of hydrogen-bond donors (Lipinski definition) is 0. The van der Waals surface area contributed by atoms with Crippen molar-refractivity contribution in [2.24, 2.45) is 0 Å². The minimum Gasteiger partial charge on any atom is -0.466 e. The number of carbonyl (C=O) groups is 1. The van der Waals surface area contributed by atoms with E-state index < -0.39 is 10.2 Å². The third-order valence-corrected chi connectivity index (χ3v) is 2.11. The highest BCUT2D eigenvalue weighted by Crippen LogP contribution is 1.90. The van der Waals surface area contributed by atoms with Gasteiger partial charge in [0.25, 0.3) is 0 Å². The van der Waals surface area contributed by atoms with Gasteiger partial charge in [-0.05, 0) is 10.9 Å². The minimum absolute atomic E-state index is 0.174. The highest BCUT2D eigenvalue weighted by molar-refractivity contribution is 7.95. The summed E-state index contributed by atoms with van der Waals surface area (Å²) >= 11 is 0. The number of halogens is 1. The molecular formula is C7H15ClO6S. The molecule has 0 aliphatic heterocycles. The Hall–Kier alpha value is -0.0500. The molecule has 0 rings (SSSR count). The second-order valence-corrected chi connectivity index (χ2v) is 5.90. The first kappa shape index (κ1) is 17.3. The molecule has 0 unspecified atom stereocenters. The lowest BCUT2D eigenvalue weighted by atomic mass is 10.5. The molecule has 0 aromatic heterocycles. The number of hydrogen-bond acceptors (Lipinski definition) is 6. The van der Waals surface area contributed by atoms with Crippen LogP contribution in [0.4, 0.5) is 0 Å². The molecule has 6 nitrogen and oxygen atoms in total. The molecule has 15 heavy (non-hydrogen) atoms. The maximum absolute atomic E-state index is 10.3. The predicted molar refractivity (Wildman–Crippen MR) is 45.3 cm³/mol. The Bertz CT molecular complexity index is 163. The second-order valence-electron chi connectivity index (χ2n) is 2.76. The lowest BCUT2D eigenvalue weighted by Gasteiger charge is -2.17. The molecule has 0 aromatic rings. The van der Waals surface area contributed by atoms with Gasteiger partial charge in [-0.1, -0.05) is 0 Å². The van der Waals surface area contributed by atoms with Gasteiger partial charge in [0, 0.05) is 13.3 Å². The summed E-state index contributed by atoms with van der Waals surface area (Å²) in [4.78, 5) is 10.3. The first-order chi connectivity index (χ1) is 6.63. The molecule has 0 spiro atoms. The van der Waals surface area contributed by atoms with E-state index in [0.29, 0.717) is 17.5 Å². The van der Waals surface area contributed by atoms with Crippen molar-refractivity contribution in [3.8, 4) is 0 Å². The van der Waals surface area contributed by atoms with Crippen LogP contribution in [0.15, 0.2) is 0 Å². The van der Waals surface area contributed by atoms with Crippen molar-refractivity contribution in [2.45, 2.75) is 13.3 Å². The van der Waals surface area contributed by atoms with Crippen LogP contribution in [0.25, 0.3) is 0 Å². The summed E-state index contributed by atoms with van der Waals surface area (Å²) in [5, 5.41) is 0. The summed E-state index contributed by atoms with van der Waals surface area (Å²) in [6, 6.07) is 0. The average molecular weight is 263 g/mol. The van der Waals surface area contributed by atoms with E-state index in [1.807, 2.05) is 0 Å². The average Bonchev–Trinajstić information content (AvgIpc) is 1.94. The fourth-order valence-electron chi connectivity index (χ4n) is 0.563. The number of rotatable bonds is 4. The largest absolute Gasteiger partial charge is 0.466 e. The van der Waals surface area contributed by atoms with Crippen LogP contribution in [0.5, 0.6) is 0 Å². The van der Waals surface area contributed by atoms with Crippen molar-refractivity contribution in [3.63, 3.8) is 0 Å². The van der Waals surface area contributed by atoms with Crippen LogP contribution in [-0.2, 0) is 20.4 Å². The topological polar surface area (TPSA) is 119 Å². The van der Waals surface area contributed by atoms with Crippen molar-refractivity contribution in [2.75, 3.05) is 24.9 Å². The van der Waals surface area contributed by atoms with E-state index in [-0.39, 0.29) is 5.97 Å². The van der Waals surface area contributed by atoms with Crippen molar-refractivity contribution < 1.29 is 38.4 Å². The molecule has 0 aliphatic carbocycles. The van der Waals surface area contributed by atoms with Crippen molar-refractivity contribution in [1.82, 2.24) is 0 Å². The van der Waals surface area contributed by atoms with Gasteiger partial charge in [0.1, 0.15) is 5.75 Å². The van der Waals surface area contributed by atoms with E-state index in [0.717, 1.165) is 12.2 Å². The minimum atomic E-state index is -4.94. The smallest absolute Gasteiger partial charge is 0.302 e. The standard InChI is InChI=1S/C7H15O2S.ClHO4/c1-7(8)9-5-4-6-10(2)3;2-1(3,4)5/h4-6H2,1-3H3;(H,2,3,4,5)/q+1;/p-1. The van der Waals surface area contributed by atoms with Gasteiger partial charge in [-0.2, -0.15) is 0 Å². The van der Waals surface area contributed by atoms with Crippen LogP contribution in [0.2, 0.25) is 0 Å². The second kappa shape index (κ2) is 9.20. The van der Waals surface area contributed by atoms with E-state index in [2.05, 4.69) is 12.5 Å². The molecule has 0 heterocycles. The summed E-state index contributed by atoms with van der Waals surface area (Å²) in [6.45, 7) is 2.03. The third-order valence-electron chi connectivity index (χ3n) is 1.00. The van der Waals surface area contributed by atoms with Crippen LogP contribution in [0.1, 0.15) is 13.3 Å². The van der Waals surface area contributed by atoms with Gasteiger partial charge in [0.15, 0.2) is 0 Å². The van der Waals surface area contributed by atoms with Crippen molar-refractivity contribution in [3.05, 3.63) is 0 Å². The molecule has 0 saturated heterocycles. The fraction of sp³-hybridized carbons (Fsp3) is 0.857. The molecule has 0 radical (unpaired) electrons. The van der Waals surface area contributed by atoms with Gasteiger partial charge in [0.2, 0.25) is 0 Å². The summed E-state index contributed by atoms with van der Waals surface area (Å²) in [5.41, 5.74) is 0. The summed E-state index contributed by atoms with van der Waals surface area (Å²) < 4.78 is 38.7. The van der Waals surface area contributed by atoms with E-state index in [1.54, 1.807) is 0 Å². The van der Waals surface area contributed by atoms with Crippen molar-refractivity contribution >= 4 is 16.9 Å². The first-order valence-electron chi connectivity index (χ1n) is 3.92. The van der Waals surface area contributed by atoms with E-state index in [4.69, 9.17) is 23.4 Å². The number of ether oxygens (including phenoxy) is 1. The predicted octanol–water partition coefficient (Wildman–Crippen LogP) is -3.94. The van der Waals surface area contributed by atoms with Gasteiger partial charge in [0.05, 0.1) is 19.1 Å². The first-order valence-corrected chi connectivity index (χ1v) is 7.36. The normalized spacial score (nSPS) is 10.7. The molecule has 0 aliphatic rings. The molecule has 0 bridgehead atoms. The van der Waals surface area contributed by atoms with Gasteiger partial charge < -0.3 is 4.74 Å². The van der Waals surface area contributed by atoms with E-state index >= 15 is 0 Å². The monoisotopic (exact) mass is 262 g/mol. The molecule has 0 amide bonds. The van der Waals surface area contributed by atoms with E-state index in [9.17, 15) is 4.79 Å². The fourth-order valence-corrected chi connectivity index (χ4v) is 1.26. The molecule has 0 N–H and O–H groups in total. The molecule has 92 valence electrons. The molecule has 0 atom stereocenters. The molecule has 8 heteroatoms. The van der Waals surface area contributed by atoms with Crippen LogP contribution in [-0.4, -0.2) is 30.8 Å². The Kier molecular flexibility index (Phi) is 10.6. The maximum atomic E-state index is 10.3. The van der Waals surface area contributed by atoms with Gasteiger partial charge in [-0.25, -0.2) is 18.6 Å². The lowest BCUT2D eigenvalue weighted by Crippen LogP contribution is -2.68. The zero-order chi connectivity index (χ0) is 12.5. The van der Waals surface area contributed by atoms with Crippen LogP contribution in [0, 0.1) is 10.2 Å². The highest BCUT2D eigenvalue weighted by Gasteiger charge is 2.01. The zero-order valence-electron chi connectivity index (χ0n) is 8.86. The SMILES string of the molecule is CC(=O)OCCC[S+](C)C.[O-][Cl+3]([O-])([O-])[O-]. The van der Waals surface area contributed by atoms with Crippen LogP contribution >= 0.6 is 0 Å². The number of carbonyl (C=O) groups excluding carboxylic acids is 1. The quantitative estimate of drug-likeness (QED) is 0.290. The summed E-state index contributed by atoms with van der Waals surface area (Å²) in [7, 11) is -4.47. The Morgan fingerprint density at radius 1 is 1.27 bits per heavy atom. The van der Waals surface area contributed by atoms with Crippen molar-refractivity contribution in [1.29, 1.82) is 0 Å². The Labute approximate surface area is 93.9 Å². The Balaban J connectivity index is 0. The highest BCUT2D eigenvalue weighted by atomic mass is 35.7. The Morgan fingerprint density at radius 3 is 1.93 bits per heavy atom. The lowest BCUT2D eigenvalue weighted by molar-refractivity contribution is -2.00. The van der Waals surface area contributed by atoms with Crippen LogP contribution in [0.3, 0.4) is 0 Å². The molecule has 0 aromatic carbocycles. The molecule has 0 saturated carbocycles. The maximum Gasteiger partial charge on any atom is 0.302 e. The number of esters is 1. The summed E-state index contributed by atoms with van der Waals surface area (Å²) in [6.07, 6.45) is 5.37. The van der Waals surface area contributed by atoms with Gasteiger partial charge in [-0.3, -0.25) is 4.79 Å². The summed E-state index contributed by atoms with van der Waals surface area (Å²) in [5.74, 6) is 0.986. The molecule has 0 fully saturated rings. The Morgan fingerprint density at radius 2 is 1.67 bits per heavy atom. The van der Waals surface area contributed by atoms with Crippen LogP contribution < -0.4 is 18.6 Å². The van der Waals surface area contributed by atoms with Gasteiger partial charge >= 0.3 is 5.97 Å². The molecular weight excluding hydrogens is 248 g/mol. The third kappa shape index (κ3) is 41.2. The zero-order valence-corrected chi connectivity index (χ0v) is 10.4. The van der Waals surface area contributed by atoms with Gasteiger partial charge in [-0.15, -0.1) is 10.2 Å². The van der Waals surface area contributed by atoms with E-state index in [1.165, 1.54) is 6.92 Å².